The number of nitrogens with one attached hydrogen (secondary N) is 1. The number of carbonyl (C=O) groups is 1. The summed E-state index contributed by atoms with van der Waals surface area (Å²) in [5, 5.41) is 2.97. The van der Waals surface area contributed by atoms with Gasteiger partial charge in [0.25, 0.3) is 5.56 Å². The number of amides is 1. The molecule has 0 bridgehead atoms. The minimum Gasteiger partial charge on any atom is -0.351 e. The van der Waals surface area contributed by atoms with Gasteiger partial charge in [-0.3, -0.25) is 9.59 Å². The number of aryl methyl sites for hydroxylation is 2. The summed E-state index contributed by atoms with van der Waals surface area (Å²) in [4.78, 5) is 25.1. The fourth-order valence-corrected chi connectivity index (χ4v) is 4.25. The van der Waals surface area contributed by atoms with Crippen LogP contribution in [0.15, 0.2) is 75.0 Å². The molecule has 1 amide bonds. The molecule has 4 nitrogen and oxygen atoms in total. The van der Waals surface area contributed by atoms with E-state index in [-0.39, 0.29) is 11.5 Å². The number of benzene rings is 2. The summed E-state index contributed by atoms with van der Waals surface area (Å²) in [5.41, 5.74) is 4.38. The molecule has 1 heterocycles. The monoisotopic (exact) mass is 470 g/mol. The molecule has 2 aromatic carbocycles. The van der Waals surface area contributed by atoms with Crippen molar-refractivity contribution in [3.63, 3.8) is 0 Å². The van der Waals surface area contributed by atoms with Gasteiger partial charge >= 0.3 is 0 Å². The van der Waals surface area contributed by atoms with Gasteiger partial charge in [-0.1, -0.05) is 46.3 Å². The van der Waals surface area contributed by atoms with E-state index in [0.29, 0.717) is 18.8 Å². The molecule has 0 saturated heterocycles. The fraction of sp³-hybridized carbons (Fsp3) is 0.217. The van der Waals surface area contributed by atoms with Crippen molar-refractivity contribution >= 4 is 33.6 Å². The van der Waals surface area contributed by atoms with E-state index in [4.69, 9.17) is 0 Å². The molecule has 0 fully saturated rings. The Morgan fingerprint density at radius 3 is 2.48 bits per heavy atom. The lowest BCUT2D eigenvalue weighted by Gasteiger charge is -2.10. The van der Waals surface area contributed by atoms with E-state index in [1.807, 2.05) is 37.3 Å². The Balaban J connectivity index is 1.50. The number of halogens is 1. The summed E-state index contributed by atoms with van der Waals surface area (Å²) < 4.78 is 2.75. The molecular weight excluding hydrogens is 448 g/mol. The lowest BCUT2D eigenvalue weighted by Crippen LogP contribution is -2.24. The third-order valence-electron chi connectivity index (χ3n) is 4.58. The molecule has 1 aromatic heterocycles. The van der Waals surface area contributed by atoms with Crippen LogP contribution >= 0.6 is 27.7 Å². The van der Waals surface area contributed by atoms with Gasteiger partial charge in [-0.15, -0.1) is 11.8 Å². The van der Waals surface area contributed by atoms with Crippen LogP contribution < -0.4 is 10.9 Å². The van der Waals surface area contributed by atoms with Gasteiger partial charge in [0.1, 0.15) is 0 Å². The largest absolute Gasteiger partial charge is 0.351 e. The highest BCUT2D eigenvalue weighted by atomic mass is 79.9. The maximum absolute atomic E-state index is 12.2. The maximum atomic E-state index is 12.2. The number of thioether (sulfide) groups is 1. The fourth-order valence-electron chi connectivity index (χ4n) is 2.86. The number of aromatic nitrogens is 1. The van der Waals surface area contributed by atoms with Crippen molar-refractivity contribution in [1.29, 1.82) is 0 Å². The van der Waals surface area contributed by atoms with Crippen LogP contribution in [0, 0.1) is 13.8 Å². The first-order valence-corrected chi connectivity index (χ1v) is 11.1. The number of nitrogens with zero attached hydrogens (tertiary/aromatic N) is 1. The van der Waals surface area contributed by atoms with Crippen LogP contribution in [0.4, 0.5) is 0 Å². The Bertz CT molecular complexity index is 1060. The van der Waals surface area contributed by atoms with Gasteiger partial charge in [-0.2, -0.15) is 0 Å². The average molecular weight is 471 g/mol. The molecule has 0 aliphatic carbocycles. The lowest BCUT2D eigenvalue weighted by molar-refractivity contribution is -0.118. The molecule has 29 heavy (non-hydrogen) atoms. The molecule has 0 atom stereocenters. The van der Waals surface area contributed by atoms with Crippen LogP contribution in [0.5, 0.6) is 0 Å². The van der Waals surface area contributed by atoms with Crippen molar-refractivity contribution < 1.29 is 4.79 Å². The lowest BCUT2D eigenvalue weighted by atomic mass is 10.1. The van der Waals surface area contributed by atoms with Crippen molar-refractivity contribution in [2.45, 2.75) is 31.8 Å². The molecular formula is C23H23BrN2O2S. The van der Waals surface area contributed by atoms with Crippen molar-refractivity contribution in [1.82, 2.24) is 9.88 Å². The number of hydrogen-bond acceptors (Lipinski definition) is 3. The zero-order valence-corrected chi connectivity index (χ0v) is 18.8. The van der Waals surface area contributed by atoms with Crippen molar-refractivity contribution in [2.75, 3.05) is 5.75 Å². The molecule has 1 N–H and O–H groups in total. The van der Waals surface area contributed by atoms with E-state index in [1.54, 1.807) is 34.7 Å². The molecule has 0 aliphatic heterocycles. The highest BCUT2D eigenvalue weighted by Crippen LogP contribution is 2.28. The molecule has 0 saturated carbocycles. The van der Waals surface area contributed by atoms with E-state index in [0.717, 1.165) is 31.6 Å². The standard InChI is InChI=1S/C23H23BrN2O2S/c1-16-12-21(17(2)11-20(16)24)29-15-22(27)25-13-18-6-8-19(9-7-18)14-26-10-4-3-5-23(26)28/h3-12H,13-15H2,1-2H3,(H,25,27). The van der Waals surface area contributed by atoms with E-state index >= 15 is 0 Å². The Morgan fingerprint density at radius 1 is 1.03 bits per heavy atom. The van der Waals surface area contributed by atoms with E-state index in [1.165, 1.54) is 0 Å². The normalized spacial score (nSPS) is 10.7. The molecule has 0 aliphatic rings. The third-order valence-corrected chi connectivity index (χ3v) is 6.59. The minimum atomic E-state index is -0.0162. The zero-order chi connectivity index (χ0) is 20.8. The predicted octanol–water partition coefficient (Wildman–Crippen LogP) is 4.68. The SMILES string of the molecule is Cc1cc(SCC(=O)NCc2ccc(Cn3ccccc3=O)cc2)c(C)cc1Br. The Hall–Kier alpha value is -2.31. The summed E-state index contributed by atoms with van der Waals surface area (Å²) in [6.07, 6.45) is 1.78. The molecule has 6 heteroatoms. The van der Waals surface area contributed by atoms with Gasteiger partial charge in [0.15, 0.2) is 0 Å². The maximum Gasteiger partial charge on any atom is 0.250 e. The van der Waals surface area contributed by atoms with Crippen LogP contribution in [-0.2, 0) is 17.9 Å². The first kappa shape index (κ1) is 21.4. The van der Waals surface area contributed by atoms with Crippen LogP contribution in [0.1, 0.15) is 22.3 Å². The summed E-state index contributed by atoms with van der Waals surface area (Å²) in [6, 6.07) is 17.3. The van der Waals surface area contributed by atoms with Crippen molar-refractivity contribution in [3.8, 4) is 0 Å². The highest BCUT2D eigenvalue weighted by molar-refractivity contribution is 9.10. The van der Waals surface area contributed by atoms with Crippen molar-refractivity contribution in [2.24, 2.45) is 0 Å². The minimum absolute atomic E-state index is 0.00915. The Morgan fingerprint density at radius 2 is 1.76 bits per heavy atom. The summed E-state index contributed by atoms with van der Waals surface area (Å²) in [7, 11) is 0. The van der Waals surface area contributed by atoms with Crippen LogP contribution in [0.2, 0.25) is 0 Å². The highest BCUT2D eigenvalue weighted by Gasteiger charge is 2.07. The quantitative estimate of drug-likeness (QED) is 0.509. The second kappa shape index (κ2) is 9.94. The molecule has 3 rings (SSSR count). The van der Waals surface area contributed by atoms with Crippen LogP contribution in [0.25, 0.3) is 0 Å². The Labute approximate surface area is 183 Å². The first-order valence-electron chi connectivity index (χ1n) is 9.32. The van der Waals surface area contributed by atoms with E-state index < -0.39 is 0 Å². The molecule has 3 aromatic rings. The number of hydrogen-bond donors (Lipinski definition) is 1. The first-order chi connectivity index (χ1) is 13.9. The van der Waals surface area contributed by atoms with Gasteiger partial charge in [-0.05, 0) is 54.3 Å². The molecule has 0 unspecified atom stereocenters. The number of pyridine rings is 1. The molecule has 0 radical (unpaired) electrons. The van der Waals surface area contributed by atoms with Crippen LogP contribution in [-0.4, -0.2) is 16.2 Å². The van der Waals surface area contributed by atoms with Gasteiger partial charge in [0.05, 0.1) is 12.3 Å². The zero-order valence-electron chi connectivity index (χ0n) is 16.4. The summed E-state index contributed by atoms with van der Waals surface area (Å²) in [5.74, 6) is 0.395. The smallest absolute Gasteiger partial charge is 0.250 e. The van der Waals surface area contributed by atoms with Crippen molar-refractivity contribution in [3.05, 3.63) is 97.9 Å². The summed E-state index contributed by atoms with van der Waals surface area (Å²) >= 11 is 5.09. The second-order valence-corrected chi connectivity index (χ2v) is 8.79. The summed E-state index contributed by atoms with van der Waals surface area (Å²) in [6.45, 7) is 5.12. The average Bonchev–Trinajstić information content (AvgIpc) is 2.71. The molecule has 0 spiro atoms. The molecule has 150 valence electrons. The van der Waals surface area contributed by atoms with Gasteiger partial charge in [0, 0.05) is 28.2 Å². The van der Waals surface area contributed by atoms with E-state index in [2.05, 4.69) is 40.3 Å². The number of carbonyl (C=O) groups excluding carboxylic acids is 1. The third kappa shape index (κ3) is 6.08. The van der Waals surface area contributed by atoms with Gasteiger partial charge in [0.2, 0.25) is 5.91 Å². The topological polar surface area (TPSA) is 51.1 Å². The Kier molecular flexibility index (Phi) is 7.34. The predicted molar refractivity (Wildman–Crippen MR) is 122 cm³/mol. The van der Waals surface area contributed by atoms with Crippen LogP contribution in [0.3, 0.4) is 0 Å². The number of rotatable bonds is 7. The second-order valence-electron chi connectivity index (χ2n) is 6.92. The van der Waals surface area contributed by atoms with Gasteiger partial charge in [-0.25, -0.2) is 0 Å². The van der Waals surface area contributed by atoms with Gasteiger partial charge < -0.3 is 9.88 Å². The van der Waals surface area contributed by atoms with E-state index in [9.17, 15) is 9.59 Å².